The fourth-order valence-electron chi connectivity index (χ4n) is 8.38. The predicted octanol–water partition coefficient (Wildman–Crippen LogP) is 2.13. The van der Waals surface area contributed by atoms with E-state index >= 15 is 0 Å². The van der Waals surface area contributed by atoms with E-state index < -0.39 is 66.6 Å². The second-order valence-corrected chi connectivity index (χ2v) is 19.7. The van der Waals surface area contributed by atoms with Gasteiger partial charge in [0, 0.05) is 86.0 Å². The van der Waals surface area contributed by atoms with Crippen molar-refractivity contribution in [2.24, 2.45) is 0 Å². The summed E-state index contributed by atoms with van der Waals surface area (Å²) in [7, 11) is -9.04. The molecule has 0 bridgehead atoms. The molecule has 2 saturated heterocycles. The third kappa shape index (κ3) is 11.2. The summed E-state index contributed by atoms with van der Waals surface area (Å²) in [5.41, 5.74) is 2.82. The van der Waals surface area contributed by atoms with Crippen molar-refractivity contribution < 1.29 is 120 Å². The van der Waals surface area contributed by atoms with E-state index in [1.807, 2.05) is 55.4 Å². The summed E-state index contributed by atoms with van der Waals surface area (Å²) >= 11 is 0. The Morgan fingerprint density at radius 2 is 1.17 bits per heavy atom. The number of hydrogen-bond acceptors (Lipinski definition) is 13. The summed E-state index contributed by atoms with van der Waals surface area (Å²) in [6, 6.07) is 8.83. The van der Waals surface area contributed by atoms with Crippen LogP contribution in [0.3, 0.4) is 0 Å². The molecule has 64 heavy (non-hydrogen) atoms. The van der Waals surface area contributed by atoms with Crippen LogP contribution in [0.1, 0.15) is 116 Å². The van der Waals surface area contributed by atoms with Gasteiger partial charge in [0.05, 0.1) is 15.2 Å². The molecule has 0 saturated carbocycles. The molecule has 6 rings (SSSR count). The van der Waals surface area contributed by atoms with Crippen molar-refractivity contribution in [1.29, 1.82) is 0 Å². The van der Waals surface area contributed by atoms with Crippen LogP contribution in [0.25, 0.3) is 0 Å². The largest absolute Gasteiger partial charge is 1.00 e. The number of carbonyl (C=O) groups excluding carboxylic acids is 6. The summed E-state index contributed by atoms with van der Waals surface area (Å²) in [6.45, 7) is 8.62. The van der Waals surface area contributed by atoms with Crippen LogP contribution in [0, 0.1) is 0 Å². The number of benzene rings is 2. The Balaban J connectivity index is 0.00000771. The summed E-state index contributed by atoms with van der Waals surface area (Å²) in [5.74, 6) is -3.61. The number of nitrogens with zero attached hydrogens (tertiary/aromatic N) is 4. The van der Waals surface area contributed by atoms with Crippen molar-refractivity contribution >= 4 is 72.9 Å². The van der Waals surface area contributed by atoms with Gasteiger partial charge in [-0.3, -0.25) is 28.3 Å². The van der Waals surface area contributed by atoms with Crippen molar-refractivity contribution in [3.63, 3.8) is 0 Å². The fraction of sp³-hybridized carbons (Fsp3) is 0.465. The molecule has 4 aliphatic rings. The molecule has 4 amide bonds. The fourth-order valence-corrected chi connectivity index (χ4v) is 9.40. The molecule has 0 radical (unpaired) electrons. The Morgan fingerprint density at radius 3 is 1.69 bits per heavy atom. The van der Waals surface area contributed by atoms with Crippen LogP contribution in [0.15, 0.2) is 70.1 Å². The summed E-state index contributed by atoms with van der Waals surface area (Å²) < 4.78 is 70.6. The Morgan fingerprint density at radius 1 is 0.688 bits per heavy atom. The van der Waals surface area contributed by atoms with E-state index in [0.717, 1.165) is 22.8 Å². The van der Waals surface area contributed by atoms with Gasteiger partial charge in [-0.25, -0.2) is 9.59 Å². The average Bonchev–Trinajstić information content (AvgIpc) is 3.83. The number of anilines is 1. The van der Waals surface area contributed by atoms with Gasteiger partial charge >= 0.3 is 63.3 Å². The number of fused-ring (bicyclic) bond motifs is 2. The van der Waals surface area contributed by atoms with E-state index in [2.05, 4.69) is 0 Å². The minimum Gasteiger partial charge on any atom is -0.344 e. The van der Waals surface area contributed by atoms with Gasteiger partial charge in [0.15, 0.2) is 5.71 Å². The van der Waals surface area contributed by atoms with Gasteiger partial charge < -0.3 is 14.6 Å². The maximum Gasteiger partial charge on any atom is 1.00 e. The number of amides is 4. The molecular weight excluding hydrogens is 900 g/mol. The number of hydroxylamine groups is 4. The third-order valence-corrected chi connectivity index (χ3v) is 13.5. The molecule has 2 N–H and O–H groups in total. The molecule has 2 aromatic carbocycles. The summed E-state index contributed by atoms with van der Waals surface area (Å²) in [4.78, 5) is 83.6. The van der Waals surface area contributed by atoms with Gasteiger partial charge in [-0.1, -0.05) is 26.3 Å². The zero-order valence-electron chi connectivity index (χ0n) is 36.5. The van der Waals surface area contributed by atoms with Crippen LogP contribution in [-0.4, -0.2) is 95.0 Å². The van der Waals surface area contributed by atoms with E-state index in [4.69, 9.17) is 9.68 Å². The zero-order chi connectivity index (χ0) is 46.1. The Bertz CT molecular complexity index is 2550. The molecule has 21 heteroatoms. The SMILES string of the molecule is CC1(C)C(=CC=CC2=[N+](CCCCCC(=O)ON3C(=O)CCC3=O)c3ccc(S(=O)(=O)O)cc3C2(C)C)N(CCCCCC(=O)ON2C(=O)CCC2=O)c2ccc(S(=O)(=O)O)cc21.[K+]. The van der Waals surface area contributed by atoms with Gasteiger partial charge in [0.25, 0.3) is 43.9 Å². The molecule has 4 aliphatic heterocycles. The van der Waals surface area contributed by atoms with E-state index in [0.29, 0.717) is 72.9 Å². The van der Waals surface area contributed by atoms with E-state index in [-0.39, 0.29) is 99.7 Å². The van der Waals surface area contributed by atoms with Gasteiger partial charge in [0.2, 0.25) is 5.69 Å². The minimum atomic E-state index is -4.52. The molecule has 18 nitrogen and oxygen atoms in total. The minimum absolute atomic E-state index is 0. The third-order valence-electron chi connectivity index (χ3n) is 11.8. The van der Waals surface area contributed by atoms with Crippen molar-refractivity contribution in [3.8, 4) is 0 Å². The number of allylic oxidation sites excluding steroid dienone is 4. The second kappa shape index (κ2) is 20.3. The molecule has 0 aliphatic carbocycles. The van der Waals surface area contributed by atoms with Gasteiger partial charge in [-0.05, 0) is 81.5 Å². The van der Waals surface area contributed by atoms with E-state index in [1.165, 1.54) is 24.3 Å². The van der Waals surface area contributed by atoms with Crippen LogP contribution in [0.5, 0.6) is 0 Å². The van der Waals surface area contributed by atoms with E-state index in [1.54, 1.807) is 12.1 Å². The van der Waals surface area contributed by atoms with Crippen LogP contribution >= 0.6 is 0 Å². The van der Waals surface area contributed by atoms with Crippen LogP contribution in [-0.2, 0) is 69.5 Å². The first-order chi connectivity index (χ1) is 29.5. The topological polar surface area (TPSA) is 242 Å². The van der Waals surface area contributed by atoms with Crippen molar-refractivity contribution in [1.82, 2.24) is 10.1 Å². The first-order valence-electron chi connectivity index (χ1n) is 20.7. The van der Waals surface area contributed by atoms with Gasteiger partial charge in [-0.2, -0.15) is 21.4 Å². The number of unbranched alkanes of at least 4 members (excludes halogenated alkanes) is 4. The first kappa shape index (κ1) is 51.1. The maximum absolute atomic E-state index is 12.4. The average molecular weight is 951 g/mol. The number of carbonyl (C=O) groups is 6. The molecule has 0 atom stereocenters. The van der Waals surface area contributed by atoms with Crippen LogP contribution in [0.2, 0.25) is 0 Å². The molecule has 2 aromatic rings. The molecule has 0 unspecified atom stereocenters. The maximum atomic E-state index is 12.4. The number of imide groups is 2. The number of rotatable bonds is 18. The molecule has 2 fully saturated rings. The van der Waals surface area contributed by atoms with Crippen LogP contribution < -0.4 is 56.3 Å². The first-order valence-corrected chi connectivity index (χ1v) is 23.6. The number of hydrogen-bond donors (Lipinski definition) is 2. The van der Waals surface area contributed by atoms with Crippen LogP contribution in [0.4, 0.5) is 11.4 Å². The molecular formula is C43H51KN4O14S2+2. The molecule has 338 valence electrons. The van der Waals surface area contributed by atoms with Crippen molar-refractivity contribution in [3.05, 3.63) is 71.5 Å². The van der Waals surface area contributed by atoms with Gasteiger partial charge in [-0.15, -0.1) is 10.1 Å². The smallest absolute Gasteiger partial charge is 0.344 e. The van der Waals surface area contributed by atoms with E-state index in [9.17, 15) is 54.7 Å². The predicted molar refractivity (Wildman–Crippen MR) is 224 cm³/mol. The second-order valence-electron chi connectivity index (χ2n) is 16.9. The zero-order valence-corrected chi connectivity index (χ0v) is 41.3. The molecule has 0 aromatic heterocycles. The Labute approximate surface area is 414 Å². The quantitative estimate of drug-likeness (QED) is 0.0715. The Hall–Kier alpha value is -3.93. The Kier molecular flexibility index (Phi) is 16.2. The monoisotopic (exact) mass is 950 g/mol. The van der Waals surface area contributed by atoms with Crippen molar-refractivity contribution in [2.45, 2.75) is 125 Å². The normalized spacial score (nSPS) is 18.7. The molecule has 0 spiro atoms. The molecule has 4 heterocycles. The summed E-state index contributed by atoms with van der Waals surface area (Å²) in [5, 5.41) is 1.04. The van der Waals surface area contributed by atoms with Gasteiger partial charge in [0.1, 0.15) is 6.54 Å². The summed E-state index contributed by atoms with van der Waals surface area (Å²) in [6.07, 6.45) is 8.74. The standard InChI is InChI=1S/C43H50N4O14S2.K/c1-42(2)30-26-28(62(54,55)56)16-18-32(30)44(24-9-5-7-14-40(52)60-46-36(48)20-21-37(46)49)34(42)12-11-13-35-43(3,4)31-27-29(63(57,58)59)17-19-33(31)45(35)25-10-6-8-15-41(53)61-47-38(50)22-23-39(47)51;/h11-13,16-19,26-27H,5-10,14-15,20-25H2,1-4H3,(H-,54,55,56,57,58,59);/q;+1/p+1. The van der Waals surface area contributed by atoms with Crippen molar-refractivity contribution in [2.75, 3.05) is 18.0 Å².